The van der Waals surface area contributed by atoms with Gasteiger partial charge in [-0.25, -0.2) is 5.43 Å². The van der Waals surface area contributed by atoms with Crippen molar-refractivity contribution in [2.45, 2.75) is 38.1 Å². The largest absolute Gasteiger partial charge is 0.291 e. The van der Waals surface area contributed by atoms with Crippen molar-refractivity contribution in [1.29, 1.82) is 0 Å². The van der Waals surface area contributed by atoms with Gasteiger partial charge in [-0.15, -0.1) is 0 Å². The molecule has 1 aliphatic heterocycles. The van der Waals surface area contributed by atoms with Crippen molar-refractivity contribution in [2.24, 2.45) is 11.8 Å². The summed E-state index contributed by atoms with van der Waals surface area (Å²) < 4.78 is 0. The van der Waals surface area contributed by atoms with E-state index in [2.05, 4.69) is 21.9 Å². The molecular weight excluding hydrogens is 226 g/mol. The van der Waals surface area contributed by atoms with Gasteiger partial charge < -0.3 is 0 Å². The highest BCUT2D eigenvalue weighted by molar-refractivity contribution is 5.79. The minimum atomic E-state index is 0.178. The molecule has 96 valence electrons. The molecule has 1 saturated heterocycles. The monoisotopic (exact) mass is 245 g/mol. The van der Waals surface area contributed by atoms with E-state index in [0.717, 1.165) is 25.0 Å². The Morgan fingerprint density at radius 1 is 1.28 bits per heavy atom. The number of carbonyl (C=O) groups is 1. The minimum absolute atomic E-state index is 0.178. The van der Waals surface area contributed by atoms with Crippen LogP contribution in [0.1, 0.15) is 31.4 Å². The molecule has 2 fully saturated rings. The molecule has 0 spiro atoms. The third-order valence-corrected chi connectivity index (χ3v) is 4.21. The van der Waals surface area contributed by atoms with Gasteiger partial charge in [0.15, 0.2) is 0 Å². The summed E-state index contributed by atoms with van der Waals surface area (Å²) in [5.41, 5.74) is 7.10. The Hall–Kier alpha value is -1.42. The Kier molecular flexibility index (Phi) is 3.28. The number of hydrazine groups is 1. The van der Waals surface area contributed by atoms with Crippen LogP contribution in [-0.4, -0.2) is 16.9 Å². The predicted octanol–water partition coefficient (Wildman–Crippen LogP) is 1.43. The summed E-state index contributed by atoms with van der Waals surface area (Å²) in [5, 5.41) is 0. The zero-order valence-electron chi connectivity index (χ0n) is 10.4. The van der Waals surface area contributed by atoms with Gasteiger partial charge in [-0.05, 0) is 30.9 Å². The molecule has 2 heterocycles. The second-order valence-electron chi connectivity index (χ2n) is 5.32. The number of nitrogens with zero attached hydrogens (tertiary/aromatic N) is 1. The van der Waals surface area contributed by atoms with Crippen LogP contribution in [0.25, 0.3) is 0 Å². The normalized spacial score (nSPS) is 31.6. The first-order valence-corrected chi connectivity index (χ1v) is 6.80. The molecular formula is C14H19N3O. The molecule has 18 heavy (non-hydrogen) atoms. The van der Waals surface area contributed by atoms with Gasteiger partial charge in [0, 0.05) is 30.3 Å². The van der Waals surface area contributed by atoms with Crippen LogP contribution in [-0.2, 0) is 11.2 Å². The lowest BCUT2D eigenvalue weighted by Gasteiger charge is -2.41. The van der Waals surface area contributed by atoms with Crippen LogP contribution in [0.3, 0.4) is 0 Å². The zero-order valence-corrected chi connectivity index (χ0v) is 10.4. The van der Waals surface area contributed by atoms with Crippen LogP contribution >= 0.6 is 0 Å². The molecule has 3 atom stereocenters. The molecule has 4 heteroatoms. The second-order valence-corrected chi connectivity index (χ2v) is 5.32. The molecule has 3 unspecified atom stereocenters. The Bertz CT molecular complexity index is 420. The molecule has 1 aliphatic carbocycles. The third-order valence-electron chi connectivity index (χ3n) is 4.21. The van der Waals surface area contributed by atoms with E-state index < -0.39 is 0 Å². The highest BCUT2D eigenvalue weighted by Gasteiger charge is 2.39. The first-order valence-electron chi connectivity index (χ1n) is 6.80. The lowest BCUT2D eigenvalue weighted by atomic mass is 9.73. The van der Waals surface area contributed by atoms with Gasteiger partial charge in [-0.1, -0.05) is 18.9 Å². The standard InChI is InChI=1S/C14H19N3O/c18-14-12-7-2-1-6-11(12)13(16-17-14)9-10-5-3-4-8-15-10/h3-5,8,11-13,16H,1-2,6-7,9H2,(H,17,18). The van der Waals surface area contributed by atoms with Crippen molar-refractivity contribution in [3.05, 3.63) is 30.1 Å². The van der Waals surface area contributed by atoms with Crippen molar-refractivity contribution in [1.82, 2.24) is 15.8 Å². The van der Waals surface area contributed by atoms with Crippen LogP contribution < -0.4 is 10.9 Å². The van der Waals surface area contributed by atoms with Crippen LogP contribution in [0, 0.1) is 11.8 Å². The number of aromatic nitrogens is 1. The predicted molar refractivity (Wildman–Crippen MR) is 68.5 cm³/mol. The molecule has 1 saturated carbocycles. The summed E-state index contributed by atoms with van der Waals surface area (Å²) in [7, 11) is 0. The Labute approximate surface area is 107 Å². The smallest absolute Gasteiger partial charge is 0.237 e. The highest BCUT2D eigenvalue weighted by Crippen LogP contribution is 2.35. The number of carbonyl (C=O) groups excluding carboxylic acids is 1. The lowest BCUT2D eigenvalue weighted by molar-refractivity contribution is -0.133. The van der Waals surface area contributed by atoms with Crippen LogP contribution in [0.5, 0.6) is 0 Å². The summed E-state index contributed by atoms with van der Waals surface area (Å²) in [4.78, 5) is 16.2. The van der Waals surface area contributed by atoms with Crippen LogP contribution in [0.4, 0.5) is 0 Å². The first kappa shape index (κ1) is 11.7. The summed E-state index contributed by atoms with van der Waals surface area (Å²) >= 11 is 0. The van der Waals surface area contributed by atoms with Gasteiger partial charge in [0.1, 0.15) is 0 Å². The highest BCUT2D eigenvalue weighted by atomic mass is 16.2. The van der Waals surface area contributed by atoms with Gasteiger partial charge in [0.25, 0.3) is 0 Å². The first-order chi connectivity index (χ1) is 8.84. The molecule has 2 aliphatic rings. The number of fused-ring (bicyclic) bond motifs is 1. The van der Waals surface area contributed by atoms with Gasteiger partial charge in [0.05, 0.1) is 0 Å². The van der Waals surface area contributed by atoms with Crippen LogP contribution in [0.2, 0.25) is 0 Å². The van der Waals surface area contributed by atoms with Crippen molar-refractivity contribution in [3.63, 3.8) is 0 Å². The van der Waals surface area contributed by atoms with E-state index in [1.165, 1.54) is 12.8 Å². The Morgan fingerprint density at radius 3 is 3.00 bits per heavy atom. The minimum Gasteiger partial charge on any atom is -0.291 e. The molecule has 3 rings (SSSR count). The van der Waals surface area contributed by atoms with E-state index in [1.807, 2.05) is 18.3 Å². The van der Waals surface area contributed by atoms with E-state index in [9.17, 15) is 4.79 Å². The number of hydrogen-bond donors (Lipinski definition) is 2. The molecule has 1 aromatic heterocycles. The maximum atomic E-state index is 11.8. The van der Waals surface area contributed by atoms with Gasteiger partial charge in [0.2, 0.25) is 5.91 Å². The van der Waals surface area contributed by atoms with Gasteiger partial charge >= 0.3 is 0 Å². The maximum absolute atomic E-state index is 11.8. The lowest BCUT2D eigenvalue weighted by Crippen LogP contribution is -2.60. The summed E-state index contributed by atoms with van der Waals surface area (Å²) in [5.74, 6) is 0.847. The number of hydrogen-bond acceptors (Lipinski definition) is 3. The number of nitrogens with one attached hydrogen (secondary N) is 2. The SMILES string of the molecule is O=C1NNC(Cc2ccccn2)C2CCCCC12. The fraction of sp³-hybridized carbons (Fsp3) is 0.571. The second kappa shape index (κ2) is 5.06. The van der Waals surface area contributed by atoms with E-state index in [4.69, 9.17) is 0 Å². The molecule has 0 radical (unpaired) electrons. The number of rotatable bonds is 2. The topological polar surface area (TPSA) is 54.0 Å². The van der Waals surface area contributed by atoms with Gasteiger partial charge in [-0.3, -0.25) is 15.2 Å². The Morgan fingerprint density at radius 2 is 2.17 bits per heavy atom. The van der Waals surface area contributed by atoms with Crippen LogP contribution in [0.15, 0.2) is 24.4 Å². The average molecular weight is 245 g/mol. The number of pyridine rings is 1. The molecule has 2 N–H and O–H groups in total. The van der Waals surface area contributed by atoms with E-state index in [1.54, 1.807) is 0 Å². The Balaban J connectivity index is 1.73. The summed E-state index contributed by atoms with van der Waals surface area (Å²) in [6, 6.07) is 6.32. The third kappa shape index (κ3) is 2.25. The molecule has 4 nitrogen and oxygen atoms in total. The van der Waals surface area contributed by atoms with E-state index in [-0.39, 0.29) is 11.8 Å². The quantitative estimate of drug-likeness (QED) is 0.829. The van der Waals surface area contributed by atoms with E-state index in [0.29, 0.717) is 12.0 Å². The molecule has 0 bridgehead atoms. The average Bonchev–Trinajstić information content (AvgIpc) is 2.44. The fourth-order valence-corrected chi connectivity index (χ4v) is 3.28. The number of amides is 1. The molecule has 1 amide bonds. The summed E-state index contributed by atoms with van der Waals surface area (Å²) in [6.45, 7) is 0. The summed E-state index contributed by atoms with van der Waals surface area (Å²) in [6.07, 6.45) is 7.34. The van der Waals surface area contributed by atoms with Crippen molar-refractivity contribution >= 4 is 5.91 Å². The maximum Gasteiger partial charge on any atom is 0.237 e. The molecule has 0 aromatic carbocycles. The van der Waals surface area contributed by atoms with E-state index >= 15 is 0 Å². The zero-order chi connectivity index (χ0) is 12.4. The van der Waals surface area contributed by atoms with Gasteiger partial charge in [-0.2, -0.15) is 0 Å². The fourth-order valence-electron chi connectivity index (χ4n) is 3.28. The molecule has 1 aromatic rings. The van der Waals surface area contributed by atoms with Crippen molar-refractivity contribution in [2.75, 3.05) is 0 Å². The van der Waals surface area contributed by atoms with Crippen molar-refractivity contribution < 1.29 is 4.79 Å². The van der Waals surface area contributed by atoms with Crippen molar-refractivity contribution in [3.8, 4) is 0 Å².